The SMILES string of the molecule is CO[C@@](C)(C(=O)NC[C@@H](O)Cc1ccccc1)c1ccccc1. The maximum atomic E-state index is 12.5. The van der Waals surface area contributed by atoms with Crippen molar-refractivity contribution >= 4 is 5.91 Å². The van der Waals surface area contributed by atoms with Gasteiger partial charge in [0.15, 0.2) is 5.60 Å². The Hall–Kier alpha value is -2.17. The van der Waals surface area contributed by atoms with Gasteiger partial charge in [0.2, 0.25) is 0 Å². The maximum absolute atomic E-state index is 12.5. The molecule has 0 bridgehead atoms. The van der Waals surface area contributed by atoms with Crippen molar-refractivity contribution in [1.82, 2.24) is 5.32 Å². The Bertz CT molecular complexity index is 615. The van der Waals surface area contributed by atoms with Crippen LogP contribution in [0.1, 0.15) is 18.1 Å². The monoisotopic (exact) mass is 313 g/mol. The fraction of sp³-hybridized carbons (Fsp3) is 0.316. The van der Waals surface area contributed by atoms with Gasteiger partial charge in [-0.3, -0.25) is 4.79 Å². The normalized spacial score (nSPS) is 14.7. The smallest absolute Gasteiger partial charge is 0.256 e. The highest BCUT2D eigenvalue weighted by Gasteiger charge is 2.35. The molecule has 0 aliphatic rings. The molecule has 0 spiro atoms. The first-order valence-corrected chi connectivity index (χ1v) is 7.67. The van der Waals surface area contributed by atoms with E-state index in [1.807, 2.05) is 60.7 Å². The minimum absolute atomic E-state index is 0.180. The van der Waals surface area contributed by atoms with Crippen LogP contribution in [0.25, 0.3) is 0 Å². The topological polar surface area (TPSA) is 58.6 Å². The minimum Gasteiger partial charge on any atom is -0.391 e. The largest absolute Gasteiger partial charge is 0.391 e. The number of methoxy groups -OCH3 is 1. The molecule has 122 valence electrons. The molecule has 2 atom stereocenters. The van der Waals surface area contributed by atoms with Gasteiger partial charge in [-0.05, 0) is 18.1 Å². The molecular weight excluding hydrogens is 290 g/mol. The van der Waals surface area contributed by atoms with Gasteiger partial charge in [0.25, 0.3) is 5.91 Å². The van der Waals surface area contributed by atoms with E-state index in [0.29, 0.717) is 6.42 Å². The zero-order valence-corrected chi connectivity index (χ0v) is 13.5. The number of benzene rings is 2. The summed E-state index contributed by atoms with van der Waals surface area (Å²) in [7, 11) is 1.51. The lowest BCUT2D eigenvalue weighted by Crippen LogP contribution is -2.46. The third-order valence-corrected chi connectivity index (χ3v) is 3.98. The highest BCUT2D eigenvalue weighted by Crippen LogP contribution is 2.24. The third kappa shape index (κ3) is 4.41. The van der Waals surface area contributed by atoms with Gasteiger partial charge in [-0.2, -0.15) is 0 Å². The highest BCUT2D eigenvalue weighted by molar-refractivity contribution is 5.86. The Kier molecular flexibility index (Phi) is 5.90. The van der Waals surface area contributed by atoms with Crippen LogP contribution in [0.5, 0.6) is 0 Å². The van der Waals surface area contributed by atoms with Crippen molar-refractivity contribution in [3.05, 3.63) is 71.8 Å². The van der Waals surface area contributed by atoms with Crippen LogP contribution < -0.4 is 5.32 Å². The van der Waals surface area contributed by atoms with E-state index in [9.17, 15) is 9.90 Å². The minimum atomic E-state index is -1.08. The molecule has 2 rings (SSSR count). The third-order valence-electron chi connectivity index (χ3n) is 3.98. The Morgan fingerprint density at radius 3 is 2.26 bits per heavy atom. The number of aliphatic hydroxyl groups is 1. The van der Waals surface area contributed by atoms with E-state index in [1.165, 1.54) is 7.11 Å². The number of rotatable bonds is 7. The summed E-state index contributed by atoms with van der Waals surface area (Å²) in [4.78, 5) is 12.5. The number of aliphatic hydroxyl groups excluding tert-OH is 1. The lowest BCUT2D eigenvalue weighted by Gasteiger charge is -2.28. The lowest BCUT2D eigenvalue weighted by molar-refractivity contribution is -0.143. The second-order valence-electron chi connectivity index (χ2n) is 5.66. The Morgan fingerprint density at radius 1 is 1.13 bits per heavy atom. The quantitative estimate of drug-likeness (QED) is 0.824. The molecule has 2 N–H and O–H groups in total. The summed E-state index contributed by atoms with van der Waals surface area (Å²) in [5.74, 6) is -0.265. The van der Waals surface area contributed by atoms with Gasteiger partial charge in [0.1, 0.15) is 0 Å². The number of hydrogen-bond acceptors (Lipinski definition) is 3. The summed E-state index contributed by atoms with van der Waals surface area (Å²) in [6.45, 7) is 1.90. The molecule has 0 unspecified atom stereocenters. The van der Waals surface area contributed by atoms with Crippen LogP contribution in [0.3, 0.4) is 0 Å². The van der Waals surface area contributed by atoms with Crippen molar-refractivity contribution in [1.29, 1.82) is 0 Å². The standard InChI is InChI=1S/C19H23NO3/c1-19(23-2,16-11-7-4-8-12-16)18(22)20-14-17(21)13-15-9-5-3-6-10-15/h3-12,17,21H,13-14H2,1-2H3,(H,20,22)/t17-,19+/m0/s1. The Labute approximate surface area is 137 Å². The average molecular weight is 313 g/mol. The molecule has 0 saturated carbocycles. The molecule has 0 aromatic heterocycles. The second kappa shape index (κ2) is 7.90. The van der Waals surface area contributed by atoms with Gasteiger partial charge >= 0.3 is 0 Å². The number of ether oxygens (including phenoxy) is 1. The van der Waals surface area contributed by atoms with Crippen LogP contribution >= 0.6 is 0 Å². The summed E-state index contributed by atoms with van der Waals surface area (Å²) in [5, 5.41) is 12.9. The molecule has 1 amide bonds. The Morgan fingerprint density at radius 2 is 1.70 bits per heavy atom. The summed E-state index contributed by atoms with van der Waals surface area (Å²) < 4.78 is 5.44. The van der Waals surface area contributed by atoms with Gasteiger partial charge in [0.05, 0.1) is 6.10 Å². The average Bonchev–Trinajstić information content (AvgIpc) is 2.60. The number of carbonyl (C=O) groups is 1. The van der Waals surface area contributed by atoms with Gasteiger partial charge in [-0.15, -0.1) is 0 Å². The number of nitrogens with one attached hydrogen (secondary N) is 1. The molecule has 0 saturated heterocycles. The van der Waals surface area contributed by atoms with Crippen molar-refractivity contribution in [3.8, 4) is 0 Å². The summed E-state index contributed by atoms with van der Waals surface area (Å²) in [6, 6.07) is 19.0. The fourth-order valence-corrected chi connectivity index (χ4v) is 2.44. The van der Waals surface area contributed by atoms with Crippen molar-refractivity contribution in [3.63, 3.8) is 0 Å². The summed E-state index contributed by atoms with van der Waals surface area (Å²) in [5.41, 5.74) is 0.734. The van der Waals surface area contributed by atoms with Gasteiger partial charge < -0.3 is 15.2 Å². The first-order valence-electron chi connectivity index (χ1n) is 7.67. The van der Waals surface area contributed by atoms with Crippen molar-refractivity contribution in [2.75, 3.05) is 13.7 Å². The second-order valence-corrected chi connectivity index (χ2v) is 5.66. The molecule has 23 heavy (non-hydrogen) atoms. The van der Waals surface area contributed by atoms with Crippen molar-refractivity contribution < 1.29 is 14.6 Å². The maximum Gasteiger partial charge on any atom is 0.256 e. The zero-order valence-electron chi connectivity index (χ0n) is 13.5. The summed E-state index contributed by atoms with van der Waals surface area (Å²) in [6.07, 6.45) is -0.144. The van der Waals surface area contributed by atoms with Crippen LogP contribution in [0, 0.1) is 0 Å². The molecular formula is C19H23NO3. The van der Waals surface area contributed by atoms with E-state index in [2.05, 4.69) is 5.32 Å². The van der Waals surface area contributed by atoms with E-state index in [0.717, 1.165) is 11.1 Å². The van der Waals surface area contributed by atoms with Crippen molar-refractivity contribution in [2.24, 2.45) is 0 Å². The predicted molar refractivity (Wildman–Crippen MR) is 90.0 cm³/mol. The van der Waals surface area contributed by atoms with Gasteiger partial charge in [-0.25, -0.2) is 0 Å². The number of amides is 1. The number of carbonyl (C=O) groups excluding carboxylic acids is 1. The fourth-order valence-electron chi connectivity index (χ4n) is 2.44. The molecule has 4 heteroatoms. The predicted octanol–water partition coefficient (Wildman–Crippen LogP) is 2.27. The highest BCUT2D eigenvalue weighted by atomic mass is 16.5. The van der Waals surface area contributed by atoms with Crippen LogP contribution in [-0.4, -0.2) is 30.8 Å². The molecule has 0 aliphatic heterocycles. The zero-order chi connectivity index (χ0) is 16.7. The van der Waals surface area contributed by atoms with E-state index in [-0.39, 0.29) is 12.5 Å². The molecule has 0 heterocycles. The van der Waals surface area contributed by atoms with Crippen LogP contribution in [0.4, 0.5) is 0 Å². The molecule has 0 radical (unpaired) electrons. The molecule has 0 aliphatic carbocycles. The summed E-state index contributed by atoms with van der Waals surface area (Å²) >= 11 is 0. The molecule has 0 fully saturated rings. The van der Waals surface area contributed by atoms with Gasteiger partial charge in [0, 0.05) is 20.1 Å². The van der Waals surface area contributed by atoms with E-state index >= 15 is 0 Å². The van der Waals surface area contributed by atoms with E-state index in [4.69, 9.17) is 4.74 Å². The van der Waals surface area contributed by atoms with Crippen LogP contribution in [0.15, 0.2) is 60.7 Å². The molecule has 4 nitrogen and oxygen atoms in total. The Balaban J connectivity index is 1.95. The van der Waals surface area contributed by atoms with Gasteiger partial charge in [-0.1, -0.05) is 60.7 Å². The van der Waals surface area contributed by atoms with E-state index < -0.39 is 11.7 Å². The number of hydrogen-bond donors (Lipinski definition) is 2. The first kappa shape index (κ1) is 17.2. The van der Waals surface area contributed by atoms with Crippen LogP contribution in [0.2, 0.25) is 0 Å². The van der Waals surface area contributed by atoms with Crippen molar-refractivity contribution in [2.45, 2.75) is 25.0 Å². The first-order chi connectivity index (χ1) is 11.1. The van der Waals surface area contributed by atoms with Crippen LogP contribution in [-0.2, 0) is 21.6 Å². The van der Waals surface area contributed by atoms with E-state index in [1.54, 1.807) is 6.92 Å². The molecule has 2 aromatic carbocycles. The lowest BCUT2D eigenvalue weighted by atomic mass is 9.94. The molecule has 2 aromatic rings.